The predicted molar refractivity (Wildman–Crippen MR) is 144 cm³/mol. The lowest BCUT2D eigenvalue weighted by Crippen LogP contribution is -2.16. The molecule has 10 heteroatoms. The van der Waals surface area contributed by atoms with Gasteiger partial charge in [-0.1, -0.05) is 68.9 Å². The Balaban J connectivity index is 1.43. The Morgan fingerprint density at radius 3 is 2.55 bits per heavy atom. The molecule has 1 amide bonds. The molecule has 3 aromatic carbocycles. The Labute approximate surface area is 226 Å². The molecule has 0 aliphatic rings. The second kappa shape index (κ2) is 10.7. The van der Waals surface area contributed by atoms with Crippen LogP contribution < -0.4 is 10.2 Å². The van der Waals surface area contributed by atoms with Gasteiger partial charge in [-0.3, -0.25) is 4.79 Å². The van der Waals surface area contributed by atoms with Crippen LogP contribution in [0.5, 0.6) is 5.75 Å². The first-order valence-corrected chi connectivity index (χ1v) is 12.4. The van der Waals surface area contributed by atoms with Crippen LogP contribution in [-0.2, 0) is 6.61 Å². The average Bonchev–Trinajstić information content (AvgIpc) is 3.19. The zero-order chi connectivity index (χ0) is 23.5. The molecule has 0 radical (unpaired) electrons. The fourth-order valence-electron chi connectivity index (χ4n) is 2.97. The lowest BCUT2D eigenvalue weighted by atomic mass is 10.2. The van der Waals surface area contributed by atoms with Crippen molar-refractivity contribution in [2.24, 2.45) is 5.10 Å². The van der Waals surface area contributed by atoms with Crippen LogP contribution in [0, 0.1) is 3.57 Å². The first-order chi connectivity index (χ1) is 15.8. The van der Waals surface area contributed by atoms with Gasteiger partial charge >= 0.3 is 5.91 Å². The molecule has 1 N–H and O–H groups in total. The van der Waals surface area contributed by atoms with E-state index in [1.165, 1.54) is 6.21 Å². The van der Waals surface area contributed by atoms with Crippen molar-refractivity contribution in [3.8, 4) is 5.75 Å². The molecular weight excluding hydrogens is 665 g/mol. The smallest absolute Gasteiger partial charge is 0.307 e. The number of nitrogens with one attached hydrogen (secondary N) is 1. The second-order valence-corrected chi connectivity index (χ2v) is 10.1. The molecule has 33 heavy (non-hydrogen) atoms. The number of nitrogens with zero attached hydrogens (tertiary/aromatic N) is 1. The highest BCUT2D eigenvalue weighted by Gasteiger charge is 2.14. The maximum Gasteiger partial charge on any atom is 0.307 e. The van der Waals surface area contributed by atoms with E-state index in [9.17, 15) is 4.79 Å². The largest absolute Gasteiger partial charge is 0.486 e. The number of hydrazone groups is 1. The number of rotatable bonds is 6. The number of ether oxygens (including phenoxy) is 1. The highest BCUT2D eigenvalue weighted by atomic mass is 127. The van der Waals surface area contributed by atoms with Gasteiger partial charge in [-0.05, 0) is 64.6 Å². The number of fused-ring (bicyclic) bond motifs is 1. The molecular formula is C23H13BrCl3IN2O3. The van der Waals surface area contributed by atoms with Crippen LogP contribution in [0.3, 0.4) is 0 Å². The molecule has 0 bridgehead atoms. The summed E-state index contributed by atoms with van der Waals surface area (Å²) in [6.45, 7) is 0.218. The summed E-state index contributed by atoms with van der Waals surface area (Å²) in [6.07, 6.45) is 1.43. The Hall–Kier alpha value is -1.78. The molecule has 1 heterocycles. The van der Waals surface area contributed by atoms with Crippen molar-refractivity contribution in [2.75, 3.05) is 0 Å². The van der Waals surface area contributed by atoms with E-state index in [2.05, 4.69) is 49.0 Å². The van der Waals surface area contributed by atoms with Crippen molar-refractivity contribution in [2.45, 2.75) is 6.61 Å². The highest BCUT2D eigenvalue weighted by Crippen LogP contribution is 2.35. The van der Waals surface area contributed by atoms with E-state index in [1.807, 2.05) is 30.3 Å². The van der Waals surface area contributed by atoms with Crippen molar-refractivity contribution < 1.29 is 13.9 Å². The second-order valence-electron chi connectivity index (χ2n) is 6.81. The van der Waals surface area contributed by atoms with Gasteiger partial charge in [-0.2, -0.15) is 5.10 Å². The number of halogens is 5. The van der Waals surface area contributed by atoms with Crippen molar-refractivity contribution in [3.05, 3.63) is 94.6 Å². The summed E-state index contributed by atoms with van der Waals surface area (Å²) < 4.78 is 13.2. The summed E-state index contributed by atoms with van der Waals surface area (Å²) in [5.41, 5.74) is 4.47. The predicted octanol–water partition coefficient (Wildman–Crippen LogP) is 8.10. The molecule has 0 spiro atoms. The molecule has 168 valence electrons. The van der Waals surface area contributed by atoms with Gasteiger partial charge in [0.15, 0.2) is 11.5 Å². The molecule has 0 aliphatic carbocycles. The number of amides is 1. The highest BCUT2D eigenvalue weighted by molar-refractivity contribution is 14.1. The van der Waals surface area contributed by atoms with E-state index >= 15 is 0 Å². The first-order valence-electron chi connectivity index (χ1n) is 9.39. The number of hydrogen-bond donors (Lipinski definition) is 1. The van der Waals surface area contributed by atoms with E-state index in [-0.39, 0.29) is 12.4 Å². The molecule has 0 atom stereocenters. The van der Waals surface area contributed by atoms with E-state index in [1.54, 1.807) is 24.3 Å². The van der Waals surface area contributed by atoms with Crippen molar-refractivity contribution >= 4 is 96.4 Å². The normalized spacial score (nSPS) is 11.3. The standard InChI is InChI=1S/C23H13BrCl3IN2O3/c24-15-7-14-8-20(33-21(14)19(28)9-15)23(31)30-29-10-12-5-17(26)22(18(27)6-12)32-11-13-3-1-2-4-16(13)25/h1-10H,11H2,(H,30,31)/b29-10-. The molecule has 1 aromatic heterocycles. The summed E-state index contributed by atoms with van der Waals surface area (Å²) in [4.78, 5) is 12.4. The van der Waals surface area contributed by atoms with Gasteiger partial charge in [0.2, 0.25) is 0 Å². The Bertz CT molecular complexity index is 1370. The van der Waals surface area contributed by atoms with Crippen molar-refractivity contribution in [1.29, 1.82) is 0 Å². The van der Waals surface area contributed by atoms with Crippen LogP contribution in [0.15, 0.2) is 68.6 Å². The molecule has 0 saturated heterocycles. The lowest BCUT2D eigenvalue weighted by molar-refractivity contribution is 0.0929. The maximum atomic E-state index is 12.4. The number of carbonyl (C=O) groups is 1. The summed E-state index contributed by atoms with van der Waals surface area (Å²) in [5, 5.41) is 5.99. The number of benzene rings is 3. The zero-order valence-electron chi connectivity index (χ0n) is 16.5. The third-order valence-corrected chi connectivity index (χ3v) is 6.68. The minimum atomic E-state index is -0.480. The minimum Gasteiger partial charge on any atom is -0.486 e. The van der Waals surface area contributed by atoms with Gasteiger partial charge < -0.3 is 9.15 Å². The molecule has 5 nitrogen and oxygen atoms in total. The quantitative estimate of drug-likeness (QED) is 0.127. The Morgan fingerprint density at radius 1 is 1.09 bits per heavy atom. The third kappa shape index (κ3) is 5.84. The molecule has 4 rings (SSSR count). The van der Waals surface area contributed by atoms with Gasteiger partial charge in [0.1, 0.15) is 12.2 Å². The van der Waals surface area contributed by atoms with Crippen LogP contribution in [0.1, 0.15) is 21.7 Å². The van der Waals surface area contributed by atoms with E-state index in [0.717, 1.165) is 19.0 Å². The molecule has 0 unspecified atom stereocenters. The zero-order valence-corrected chi connectivity index (χ0v) is 22.6. The van der Waals surface area contributed by atoms with Crippen LogP contribution in [-0.4, -0.2) is 12.1 Å². The van der Waals surface area contributed by atoms with Gasteiger partial charge in [-0.25, -0.2) is 5.43 Å². The molecule has 4 aromatic rings. The van der Waals surface area contributed by atoms with Crippen LogP contribution in [0.25, 0.3) is 11.0 Å². The molecule has 0 saturated carbocycles. The Kier molecular flexibility index (Phi) is 7.86. The van der Waals surface area contributed by atoms with Crippen molar-refractivity contribution in [3.63, 3.8) is 0 Å². The summed E-state index contributed by atoms with van der Waals surface area (Å²) in [7, 11) is 0. The van der Waals surface area contributed by atoms with Gasteiger partial charge in [-0.15, -0.1) is 0 Å². The number of hydrogen-bond acceptors (Lipinski definition) is 4. The van der Waals surface area contributed by atoms with Gasteiger partial charge in [0.05, 0.1) is 19.8 Å². The van der Waals surface area contributed by atoms with Gasteiger partial charge in [0.25, 0.3) is 0 Å². The third-order valence-electron chi connectivity index (χ3n) is 4.49. The fourth-order valence-corrected chi connectivity index (χ4v) is 5.43. The van der Waals surface area contributed by atoms with E-state index in [4.69, 9.17) is 44.0 Å². The first kappa shape index (κ1) is 24.3. The van der Waals surface area contributed by atoms with Crippen molar-refractivity contribution in [1.82, 2.24) is 5.43 Å². The van der Waals surface area contributed by atoms with Gasteiger partial charge in [0, 0.05) is 20.4 Å². The number of furan rings is 1. The average molecular weight is 679 g/mol. The monoisotopic (exact) mass is 676 g/mol. The lowest BCUT2D eigenvalue weighted by Gasteiger charge is -2.11. The maximum absolute atomic E-state index is 12.4. The summed E-state index contributed by atoms with van der Waals surface area (Å²) >= 11 is 24.4. The minimum absolute atomic E-state index is 0.151. The van der Waals surface area contributed by atoms with E-state index in [0.29, 0.717) is 32.0 Å². The topological polar surface area (TPSA) is 63.8 Å². The molecule has 0 fully saturated rings. The van der Waals surface area contributed by atoms with E-state index < -0.39 is 5.91 Å². The van der Waals surface area contributed by atoms with Crippen LogP contribution in [0.4, 0.5) is 0 Å². The number of carbonyl (C=O) groups excluding carboxylic acids is 1. The van der Waals surface area contributed by atoms with Crippen LogP contribution in [0.2, 0.25) is 15.1 Å². The van der Waals surface area contributed by atoms with Crippen LogP contribution >= 0.6 is 73.3 Å². The molecule has 0 aliphatic heterocycles. The summed E-state index contributed by atoms with van der Waals surface area (Å²) in [5.74, 6) is 0.00582. The summed E-state index contributed by atoms with van der Waals surface area (Å²) in [6, 6.07) is 16.0. The Morgan fingerprint density at radius 2 is 1.82 bits per heavy atom. The SMILES string of the molecule is O=C(N/N=C\c1cc(Cl)c(OCc2ccccc2Cl)c(Cl)c1)c1cc2cc(Br)cc(I)c2o1. The fraction of sp³-hybridized carbons (Fsp3) is 0.0435.